The van der Waals surface area contributed by atoms with Crippen molar-refractivity contribution in [1.29, 1.82) is 0 Å². The van der Waals surface area contributed by atoms with Crippen LogP contribution in [0.15, 0.2) is 76.5 Å². The van der Waals surface area contributed by atoms with Crippen molar-refractivity contribution in [3.05, 3.63) is 66.7 Å². The van der Waals surface area contributed by atoms with Gasteiger partial charge in [-0.25, -0.2) is 0 Å². The molecule has 0 heterocycles. The molecular formula is C16H11O6S2. The lowest BCUT2D eigenvalue weighted by atomic mass is 10.1. The lowest BCUT2D eigenvalue weighted by Crippen LogP contribution is -2.09. The second-order valence-corrected chi connectivity index (χ2v) is 7.90. The normalized spacial score (nSPS) is 12.2. The molecule has 0 saturated heterocycles. The largest absolute Gasteiger partial charge is 0.379 e. The molecule has 1 radical (unpaired) electrons. The third kappa shape index (κ3) is 3.40. The first kappa shape index (κ1) is 16.4. The summed E-state index contributed by atoms with van der Waals surface area (Å²) in [4.78, 5) is -0.486. The Kier molecular flexibility index (Phi) is 4.04. The average molecular weight is 363 g/mol. The monoisotopic (exact) mass is 363 g/mol. The van der Waals surface area contributed by atoms with Gasteiger partial charge in [-0.2, -0.15) is 16.8 Å². The molecule has 3 rings (SSSR count). The summed E-state index contributed by atoms with van der Waals surface area (Å²) in [5.74, 6) is -0.0874. The molecule has 6 nitrogen and oxygen atoms in total. The Hall–Kier alpha value is -2.42. The second-order valence-electron chi connectivity index (χ2n) is 4.97. The molecule has 3 aromatic rings. The van der Waals surface area contributed by atoms with Crippen LogP contribution >= 0.6 is 0 Å². The fourth-order valence-electron chi connectivity index (χ4n) is 2.16. The highest BCUT2D eigenvalue weighted by Crippen LogP contribution is 2.23. The maximum Gasteiger partial charge on any atom is 0.339 e. The molecule has 0 aliphatic rings. The predicted octanol–water partition coefficient (Wildman–Crippen LogP) is 2.73. The fraction of sp³-hybridized carbons (Fsp3) is 0. The molecule has 0 unspecified atom stereocenters. The van der Waals surface area contributed by atoms with Gasteiger partial charge in [0, 0.05) is 0 Å². The molecule has 123 valence electrons. The molecule has 0 bridgehead atoms. The van der Waals surface area contributed by atoms with Crippen molar-refractivity contribution in [1.82, 2.24) is 0 Å². The van der Waals surface area contributed by atoms with E-state index >= 15 is 0 Å². The first-order valence-corrected chi connectivity index (χ1v) is 9.57. The molecule has 0 aliphatic heterocycles. The molecule has 0 atom stereocenters. The van der Waals surface area contributed by atoms with E-state index in [1.165, 1.54) is 12.1 Å². The van der Waals surface area contributed by atoms with Crippen LogP contribution in [0, 0.1) is 0 Å². The summed E-state index contributed by atoms with van der Waals surface area (Å²) in [7, 11) is -8.68. The zero-order chi connectivity index (χ0) is 17.4. The summed E-state index contributed by atoms with van der Waals surface area (Å²) in [5, 5.41) is 1.64. The van der Waals surface area contributed by atoms with E-state index in [9.17, 15) is 21.4 Å². The van der Waals surface area contributed by atoms with E-state index in [0.29, 0.717) is 0 Å². The minimum Gasteiger partial charge on any atom is -0.379 e. The van der Waals surface area contributed by atoms with E-state index in [2.05, 4.69) is 0 Å². The van der Waals surface area contributed by atoms with Gasteiger partial charge in [-0.15, -0.1) is 0 Å². The zero-order valence-corrected chi connectivity index (χ0v) is 13.7. The van der Waals surface area contributed by atoms with Gasteiger partial charge in [0.25, 0.3) is 0 Å². The molecular weight excluding hydrogens is 352 g/mol. The lowest BCUT2D eigenvalue weighted by molar-refractivity contribution is 0.414. The van der Waals surface area contributed by atoms with E-state index in [4.69, 9.17) is 4.18 Å². The minimum absolute atomic E-state index is 0.0262. The van der Waals surface area contributed by atoms with E-state index in [1.807, 2.05) is 12.1 Å². The Morgan fingerprint density at radius 3 is 1.88 bits per heavy atom. The average Bonchev–Trinajstić information content (AvgIpc) is 2.53. The first-order chi connectivity index (χ1) is 11.3. The van der Waals surface area contributed by atoms with Crippen molar-refractivity contribution in [2.24, 2.45) is 0 Å². The summed E-state index contributed by atoms with van der Waals surface area (Å²) in [6, 6.07) is 16.1. The maximum atomic E-state index is 12.3. The van der Waals surface area contributed by atoms with Gasteiger partial charge in [0.15, 0.2) is 0 Å². The Morgan fingerprint density at radius 1 is 0.667 bits per heavy atom. The second kappa shape index (κ2) is 5.90. The zero-order valence-electron chi connectivity index (χ0n) is 12.1. The summed E-state index contributed by atoms with van der Waals surface area (Å²) >= 11 is 0. The van der Waals surface area contributed by atoms with Crippen molar-refractivity contribution in [2.45, 2.75) is 9.79 Å². The summed E-state index contributed by atoms with van der Waals surface area (Å²) < 4.78 is 62.2. The molecule has 8 heteroatoms. The van der Waals surface area contributed by atoms with Crippen molar-refractivity contribution >= 4 is 31.0 Å². The molecule has 0 N–H and O–H groups in total. The van der Waals surface area contributed by atoms with Gasteiger partial charge in [0.1, 0.15) is 10.6 Å². The smallest absolute Gasteiger partial charge is 0.339 e. The Morgan fingerprint density at radius 2 is 1.25 bits per heavy atom. The van der Waals surface area contributed by atoms with Crippen LogP contribution in [0.1, 0.15) is 0 Å². The number of fused-ring (bicyclic) bond motifs is 1. The molecule has 3 aromatic carbocycles. The van der Waals surface area contributed by atoms with Crippen LogP contribution in [0.25, 0.3) is 10.8 Å². The third-order valence-corrected chi connectivity index (χ3v) is 5.42. The number of hydrogen-bond donors (Lipinski definition) is 0. The highest BCUT2D eigenvalue weighted by molar-refractivity contribution is 7.87. The van der Waals surface area contributed by atoms with Crippen LogP contribution in [0.4, 0.5) is 0 Å². The van der Waals surface area contributed by atoms with E-state index in [1.54, 1.807) is 18.2 Å². The van der Waals surface area contributed by atoms with Crippen molar-refractivity contribution in [3.63, 3.8) is 0 Å². The van der Waals surface area contributed by atoms with Gasteiger partial charge >= 0.3 is 20.2 Å². The van der Waals surface area contributed by atoms with Gasteiger partial charge < -0.3 is 4.18 Å². The van der Waals surface area contributed by atoms with Gasteiger partial charge in [-0.05, 0) is 47.2 Å². The Bertz CT molecular complexity index is 1100. The van der Waals surface area contributed by atoms with Gasteiger partial charge in [0.2, 0.25) is 0 Å². The number of rotatable bonds is 4. The van der Waals surface area contributed by atoms with Gasteiger partial charge in [-0.1, -0.05) is 34.9 Å². The summed E-state index contributed by atoms with van der Waals surface area (Å²) in [6.07, 6.45) is 0. The molecule has 0 amide bonds. The minimum atomic E-state index is -4.59. The molecule has 24 heavy (non-hydrogen) atoms. The summed E-state index contributed by atoms with van der Waals surface area (Å²) in [5.41, 5.74) is 0. The van der Waals surface area contributed by atoms with E-state index in [-0.39, 0.29) is 10.6 Å². The highest BCUT2D eigenvalue weighted by atomic mass is 32.2. The molecule has 0 aromatic heterocycles. The molecule has 0 saturated carbocycles. The van der Waals surface area contributed by atoms with Crippen LogP contribution in [0.5, 0.6) is 5.75 Å². The number of hydrogen-bond acceptors (Lipinski definition) is 5. The number of benzene rings is 3. The highest BCUT2D eigenvalue weighted by Gasteiger charge is 2.18. The topological polar surface area (TPSA) is 97.4 Å². The third-order valence-electron chi connectivity index (χ3n) is 3.33. The van der Waals surface area contributed by atoms with Gasteiger partial charge in [0.05, 0.1) is 4.90 Å². The quantitative estimate of drug-likeness (QED) is 0.664. The van der Waals surface area contributed by atoms with Crippen LogP contribution in [0.3, 0.4) is 0 Å². The van der Waals surface area contributed by atoms with E-state index < -0.39 is 25.1 Å². The lowest BCUT2D eigenvalue weighted by Gasteiger charge is -2.08. The predicted molar refractivity (Wildman–Crippen MR) is 86.1 cm³/mol. The van der Waals surface area contributed by atoms with Crippen molar-refractivity contribution in [2.75, 3.05) is 0 Å². The first-order valence-electron chi connectivity index (χ1n) is 6.75. The molecule has 0 aliphatic carbocycles. The molecule has 0 fully saturated rings. The van der Waals surface area contributed by atoms with Gasteiger partial charge in [-0.3, -0.25) is 0 Å². The van der Waals surface area contributed by atoms with Crippen LogP contribution < -0.4 is 4.18 Å². The standard InChI is InChI=1S/C16H11O6S2/c17-23(18,19)15-9-6-14(7-10-15)22-24(20,21)16-8-5-12-3-1-2-4-13(12)11-16/h1-11H. The SMILES string of the molecule is [O]S(=O)(=O)c1ccc(OS(=O)(=O)c2ccc3ccccc3c2)cc1. The maximum absolute atomic E-state index is 12.3. The van der Waals surface area contributed by atoms with E-state index in [0.717, 1.165) is 35.0 Å². The summed E-state index contributed by atoms with van der Waals surface area (Å²) in [6.45, 7) is 0. The fourth-order valence-corrected chi connectivity index (χ4v) is 3.60. The Balaban J connectivity index is 1.92. The van der Waals surface area contributed by atoms with Crippen molar-refractivity contribution < 1.29 is 25.6 Å². The van der Waals surface area contributed by atoms with Crippen LogP contribution in [-0.2, 0) is 24.8 Å². The Labute approximate surface area is 139 Å². The van der Waals surface area contributed by atoms with Crippen molar-refractivity contribution in [3.8, 4) is 5.75 Å². The molecule has 0 spiro atoms. The van der Waals surface area contributed by atoms with Crippen LogP contribution in [0.2, 0.25) is 0 Å². The van der Waals surface area contributed by atoms with Crippen LogP contribution in [-0.4, -0.2) is 16.8 Å².